The molecule has 0 radical (unpaired) electrons. The van der Waals surface area contributed by atoms with E-state index in [-0.39, 0.29) is 5.56 Å². The molecule has 0 saturated heterocycles. The molecule has 0 fully saturated rings. The van der Waals surface area contributed by atoms with Crippen molar-refractivity contribution in [3.63, 3.8) is 0 Å². The van der Waals surface area contributed by atoms with Crippen molar-refractivity contribution < 1.29 is 0 Å². The number of rotatable bonds is 2. The molecule has 4 aromatic rings. The summed E-state index contributed by atoms with van der Waals surface area (Å²) < 4.78 is 3.60. The summed E-state index contributed by atoms with van der Waals surface area (Å²) in [7, 11) is 0. The van der Waals surface area contributed by atoms with E-state index in [0.717, 1.165) is 16.9 Å². The standard InChI is InChI=1S/C19H15N3O/c20-14-11-12-18-17(13-14)19(23)22(16-9-5-2-6-10-16)21(18)15-7-3-1-4-8-15/h1-13H,20H2. The highest BCUT2D eigenvalue weighted by Gasteiger charge is 2.15. The minimum Gasteiger partial charge on any atom is -0.399 e. The van der Waals surface area contributed by atoms with Gasteiger partial charge in [0, 0.05) is 5.69 Å². The number of anilines is 1. The van der Waals surface area contributed by atoms with E-state index in [0.29, 0.717) is 11.1 Å². The van der Waals surface area contributed by atoms with E-state index in [2.05, 4.69) is 0 Å². The fraction of sp³-hybridized carbons (Fsp3) is 0. The third-order valence-corrected chi connectivity index (χ3v) is 3.87. The van der Waals surface area contributed by atoms with Gasteiger partial charge in [-0.3, -0.25) is 4.79 Å². The zero-order valence-electron chi connectivity index (χ0n) is 12.4. The molecule has 0 aliphatic carbocycles. The summed E-state index contributed by atoms with van der Waals surface area (Å²) in [5.41, 5.74) is 8.95. The molecule has 4 heteroatoms. The van der Waals surface area contributed by atoms with Gasteiger partial charge in [0.05, 0.1) is 22.3 Å². The molecular weight excluding hydrogens is 286 g/mol. The molecule has 0 aliphatic rings. The van der Waals surface area contributed by atoms with Crippen molar-refractivity contribution in [3.05, 3.63) is 89.2 Å². The molecule has 4 rings (SSSR count). The van der Waals surface area contributed by atoms with Gasteiger partial charge in [0.2, 0.25) is 0 Å². The number of nitrogens with zero attached hydrogens (tertiary/aromatic N) is 2. The highest BCUT2D eigenvalue weighted by Crippen LogP contribution is 2.21. The van der Waals surface area contributed by atoms with Gasteiger partial charge in [-0.05, 0) is 42.5 Å². The lowest BCUT2D eigenvalue weighted by Gasteiger charge is -2.12. The number of fused-ring (bicyclic) bond motifs is 1. The lowest BCUT2D eigenvalue weighted by Crippen LogP contribution is -2.20. The van der Waals surface area contributed by atoms with E-state index in [1.807, 2.05) is 77.5 Å². The van der Waals surface area contributed by atoms with Crippen LogP contribution in [0.2, 0.25) is 0 Å². The molecular formula is C19H15N3O. The minimum absolute atomic E-state index is 0.0812. The number of nitrogen functional groups attached to an aromatic ring is 1. The Morgan fingerprint density at radius 1 is 0.696 bits per heavy atom. The Bertz CT molecular complexity index is 1030. The molecule has 0 bridgehead atoms. The Kier molecular flexibility index (Phi) is 3.01. The van der Waals surface area contributed by atoms with Crippen LogP contribution in [0.15, 0.2) is 83.7 Å². The van der Waals surface area contributed by atoms with Crippen LogP contribution in [-0.4, -0.2) is 9.36 Å². The molecule has 23 heavy (non-hydrogen) atoms. The number of hydrogen-bond donors (Lipinski definition) is 1. The fourth-order valence-electron chi connectivity index (χ4n) is 2.85. The van der Waals surface area contributed by atoms with E-state index in [9.17, 15) is 4.79 Å². The Morgan fingerprint density at radius 3 is 1.87 bits per heavy atom. The quantitative estimate of drug-likeness (QED) is 0.577. The maximum absolute atomic E-state index is 13.0. The monoisotopic (exact) mass is 301 g/mol. The van der Waals surface area contributed by atoms with Gasteiger partial charge in [0.1, 0.15) is 0 Å². The number of nitrogens with two attached hydrogens (primary N) is 1. The molecule has 2 N–H and O–H groups in total. The SMILES string of the molecule is Nc1ccc2c(c1)c(=O)n(-c1ccccc1)n2-c1ccccc1. The first kappa shape index (κ1) is 13.4. The van der Waals surface area contributed by atoms with Crippen LogP contribution < -0.4 is 11.3 Å². The number of benzene rings is 3. The maximum atomic E-state index is 13.0. The van der Waals surface area contributed by atoms with Crippen LogP contribution in [0.5, 0.6) is 0 Å². The Labute approximate surface area is 133 Å². The lowest BCUT2D eigenvalue weighted by atomic mass is 10.2. The van der Waals surface area contributed by atoms with E-state index < -0.39 is 0 Å². The van der Waals surface area contributed by atoms with Crippen LogP contribution >= 0.6 is 0 Å². The van der Waals surface area contributed by atoms with E-state index in [1.165, 1.54) is 0 Å². The molecule has 0 spiro atoms. The molecule has 0 aliphatic heterocycles. The molecule has 0 saturated carbocycles. The minimum atomic E-state index is -0.0812. The second kappa shape index (κ2) is 5.18. The summed E-state index contributed by atoms with van der Waals surface area (Å²) in [5.74, 6) is 0. The first-order valence-electron chi connectivity index (χ1n) is 7.40. The molecule has 1 heterocycles. The van der Waals surface area contributed by atoms with Crippen molar-refractivity contribution >= 4 is 16.6 Å². The molecule has 4 nitrogen and oxygen atoms in total. The topological polar surface area (TPSA) is 53.0 Å². The number of para-hydroxylation sites is 2. The molecule has 112 valence electrons. The van der Waals surface area contributed by atoms with Gasteiger partial charge in [-0.25, -0.2) is 9.36 Å². The third-order valence-electron chi connectivity index (χ3n) is 3.87. The summed E-state index contributed by atoms with van der Waals surface area (Å²) in [6.07, 6.45) is 0. The Hall–Kier alpha value is -3.27. The third kappa shape index (κ3) is 2.12. The van der Waals surface area contributed by atoms with Crippen molar-refractivity contribution in [1.29, 1.82) is 0 Å². The molecule has 3 aromatic carbocycles. The number of aromatic nitrogens is 2. The van der Waals surface area contributed by atoms with Crippen molar-refractivity contribution in [1.82, 2.24) is 9.36 Å². The van der Waals surface area contributed by atoms with Crippen molar-refractivity contribution in [2.24, 2.45) is 0 Å². The molecule has 0 unspecified atom stereocenters. The predicted octanol–water partition coefficient (Wildman–Crippen LogP) is 3.36. The highest BCUT2D eigenvalue weighted by atomic mass is 16.1. The summed E-state index contributed by atoms with van der Waals surface area (Å²) in [6.45, 7) is 0. The van der Waals surface area contributed by atoms with Crippen molar-refractivity contribution in [2.45, 2.75) is 0 Å². The first-order valence-corrected chi connectivity index (χ1v) is 7.40. The average Bonchev–Trinajstić information content (AvgIpc) is 2.89. The van der Waals surface area contributed by atoms with Gasteiger partial charge in [-0.2, -0.15) is 0 Å². The second-order valence-corrected chi connectivity index (χ2v) is 5.38. The molecule has 1 aromatic heterocycles. The van der Waals surface area contributed by atoms with Crippen LogP contribution in [0, 0.1) is 0 Å². The van der Waals surface area contributed by atoms with Crippen LogP contribution in [0.25, 0.3) is 22.3 Å². The Morgan fingerprint density at radius 2 is 1.26 bits per heavy atom. The van der Waals surface area contributed by atoms with Crippen molar-refractivity contribution in [2.75, 3.05) is 5.73 Å². The van der Waals surface area contributed by atoms with Crippen LogP contribution in [0.4, 0.5) is 5.69 Å². The van der Waals surface area contributed by atoms with E-state index in [1.54, 1.807) is 10.7 Å². The second-order valence-electron chi connectivity index (χ2n) is 5.38. The normalized spacial score (nSPS) is 11.0. The zero-order valence-corrected chi connectivity index (χ0v) is 12.4. The van der Waals surface area contributed by atoms with Crippen LogP contribution in [0.3, 0.4) is 0 Å². The smallest absolute Gasteiger partial charge is 0.279 e. The highest BCUT2D eigenvalue weighted by molar-refractivity contribution is 5.84. The number of hydrogen-bond acceptors (Lipinski definition) is 2. The molecule has 0 atom stereocenters. The van der Waals surface area contributed by atoms with Crippen LogP contribution in [-0.2, 0) is 0 Å². The predicted molar refractivity (Wildman–Crippen MR) is 93.3 cm³/mol. The van der Waals surface area contributed by atoms with Crippen LogP contribution in [0.1, 0.15) is 0 Å². The van der Waals surface area contributed by atoms with E-state index >= 15 is 0 Å². The first-order chi connectivity index (χ1) is 11.3. The van der Waals surface area contributed by atoms with Gasteiger partial charge < -0.3 is 5.73 Å². The summed E-state index contributed by atoms with van der Waals surface area (Å²) in [6, 6.07) is 24.9. The van der Waals surface area contributed by atoms with Gasteiger partial charge >= 0.3 is 0 Å². The molecule has 0 amide bonds. The zero-order chi connectivity index (χ0) is 15.8. The van der Waals surface area contributed by atoms with Gasteiger partial charge in [0.15, 0.2) is 0 Å². The lowest BCUT2D eigenvalue weighted by molar-refractivity contribution is 0.742. The van der Waals surface area contributed by atoms with Gasteiger partial charge in [-0.15, -0.1) is 0 Å². The van der Waals surface area contributed by atoms with Gasteiger partial charge in [0.25, 0.3) is 5.56 Å². The van der Waals surface area contributed by atoms with Crippen molar-refractivity contribution in [3.8, 4) is 11.4 Å². The van der Waals surface area contributed by atoms with E-state index in [4.69, 9.17) is 5.73 Å². The largest absolute Gasteiger partial charge is 0.399 e. The summed E-state index contributed by atoms with van der Waals surface area (Å²) >= 11 is 0. The average molecular weight is 301 g/mol. The fourth-order valence-corrected chi connectivity index (χ4v) is 2.85. The Balaban J connectivity index is 2.16. The summed E-state index contributed by atoms with van der Waals surface area (Å²) in [5, 5.41) is 0.609. The maximum Gasteiger partial charge on any atom is 0.279 e. The van der Waals surface area contributed by atoms with Gasteiger partial charge in [-0.1, -0.05) is 36.4 Å². The summed E-state index contributed by atoms with van der Waals surface area (Å²) in [4.78, 5) is 13.0.